The van der Waals surface area contributed by atoms with Crippen molar-refractivity contribution in [2.75, 3.05) is 6.61 Å². The Bertz CT molecular complexity index is 494. The number of ether oxygens (including phenoxy) is 1. The van der Waals surface area contributed by atoms with Crippen LogP contribution in [-0.4, -0.2) is 18.1 Å². The number of nitrogens with one attached hydrogen (secondary N) is 1. The molecule has 1 aromatic carbocycles. The summed E-state index contributed by atoms with van der Waals surface area (Å²) in [6.07, 6.45) is 1.98. The Morgan fingerprint density at radius 1 is 1.28 bits per heavy atom. The van der Waals surface area contributed by atoms with Gasteiger partial charge in [0.25, 0.3) is 6.47 Å². The molecule has 0 saturated heterocycles. The normalized spacial score (nSPS) is 10.7. The topological polar surface area (TPSA) is 42.1 Å². The van der Waals surface area contributed by atoms with Gasteiger partial charge in [-0.3, -0.25) is 4.79 Å². The van der Waals surface area contributed by atoms with Crippen LogP contribution in [-0.2, 0) is 14.9 Å². The molecule has 0 amide bonds. The van der Waals surface area contributed by atoms with Gasteiger partial charge >= 0.3 is 0 Å². The lowest BCUT2D eigenvalue weighted by Crippen LogP contribution is -2.10. The highest BCUT2D eigenvalue weighted by Crippen LogP contribution is 2.25. The van der Waals surface area contributed by atoms with Gasteiger partial charge in [0.05, 0.1) is 6.61 Å². The Morgan fingerprint density at radius 2 is 2.00 bits per heavy atom. The van der Waals surface area contributed by atoms with E-state index >= 15 is 0 Å². The van der Waals surface area contributed by atoms with Gasteiger partial charge in [0, 0.05) is 11.7 Å². The summed E-state index contributed by atoms with van der Waals surface area (Å²) in [5.74, 6) is 0. The largest absolute Gasteiger partial charge is 0.468 e. The van der Waals surface area contributed by atoms with Crippen LogP contribution in [0, 0.1) is 0 Å². The molecule has 98 valence electrons. The van der Waals surface area contributed by atoms with Crippen molar-refractivity contribution in [2.24, 2.45) is 0 Å². The third-order valence-corrected chi connectivity index (χ3v) is 2.66. The summed E-state index contributed by atoms with van der Waals surface area (Å²) in [6.45, 7) is 9.36. The maximum absolute atomic E-state index is 9.18. The van der Waals surface area contributed by atoms with E-state index in [9.17, 15) is 4.79 Å². The molecular formula is C15H21NO2. The molecule has 0 aliphatic rings. The molecule has 0 aliphatic heterocycles. The molecule has 18 heavy (non-hydrogen) atoms. The average molecular weight is 247 g/mol. The molecule has 0 bridgehead atoms. The van der Waals surface area contributed by atoms with E-state index in [1.807, 2.05) is 6.20 Å². The smallest absolute Gasteiger partial charge is 0.293 e. The van der Waals surface area contributed by atoms with Crippen LogP contribution < -0.4 is 0 Å². The van der Waals surface area contributed by atoms with Crippen LogP contribution in [0.1, 0.15) is 33.3 Å². The summed E-state index contributed by atoms with van der Waals surface area (Å²) in [6, 6.07) is 8.71. The van der Waals surface area contributed by atoms with Crippen LogP contribution in [0.15, 0.2) is 30.5 Å². The van der Waals surface area contributed by atoms with E-state index < -0.39 is 0 Å². The summed E-state index contributed by atoms with van der Waals surface area (Å²) in [4.78, 5) is 12.4. The second-order valence-electron chi connectivity index (χ2n) is 5.08. The van der Waals surface area contributed by atoms with Gasteiger partial charge < -0.3 is 9.72 Å². The molecule has 0 atom stereocenters. The number of carbonyl (C=O) groups excluding carboxylic acids is 1. The molecule has 0 unspecified atom stereocenters. The number of aromatic nitrogens is 1. The van der Waals surface area contributed by atoms with Crippen LogP contribution in [0.3, 0.4) is 0 Å². The maximum Gasteiger partial charge on any atom is 0.293 e. The highest BCUT2D eigenvalue weighted by atomic mass is 16.5. The predicted octanol–water partition coefficient (Wildman–Crippen LogP) is 3.64. The first-order valence-corrected chi connectivity index (χ1v) is 6.12. The number of H-pyrrole nitrogens is 1. The summed E-state index contributed by atoms with van der Waals surface area (Å²) >= 11 is 0. The lowest BCUT2D eigenvalue weighted by atomic mass is 9.87. The monoisotopic (exact) mass is 247 g/mol. The van der Waals surface area contributed by atoms with Crippen LogP contribution >= 0.6 is 0 Å². The van der Waals surface area contributed by atoms with E-state index in [-0.39, 0.29) is 5.41 Å². The highest BCUT2D eigenvalue weighted by molar-refractivity contribution is 5.80. The highest BCUT2D eigenvalue weighted by Gasteiger charge is 2.13. The Morgan fingerprint density at radius 3 is 2.50 bits per heavy atom. The maximum atomic E-state index is 9.18. The zero-order valence-electron chi connectivity index (χ0n) is 11.5. The number of carbonyl (C=O) groups is 1. The number of benzene rings is 1. The number of aromatic amines is 1. The summed E-state index contributed by atoms with van der Waals surface area (Å²) < 4.78 is 4.15. The van der Waals surface area contributed by atoms with Gasteiger partial charge in [0.2, 0.25) is 0 Å². The van der Waals surface area contributed by atoms with E-state index in [0.717, 1.165) is 0 Å². The Balaban J connectivity index is 0.000000280. The van der Waals surface area contributed by atoms with Gasteiger partial charge in [0.1, 0.15) is 0 Å². The molecule has 0 saturated carbocycles. The Hall–Kier alpha value is -1.77. The van der Waals surface area contributed by atoms with Crippen molar-refractivity contribution in [3.05, 3.63) is 36.0 Å². The van der Waals surface area contributed by atoms with Gasteiger partial charge in [-0.05, 0) is 35.4 Å². The summed E-state index contributed by atoms with van der Waals surface area (Å²) in [5.41, 5.74) is 2.84. The second-order valence-corrected chi connectivity index (χ2v) is 5.08. The lowest BCUT2D eigenvalue weighted by Gasteiger charge is -2.18. The Labute approximate surface area is 108 Å². The molecule has 2 rings (SSSR count). The van der Waals surface area contributed by atoms with Gasteiger partial charge in [-0.25, -0.2) is 0 Å². The second kappa shape index (κ2) is 6.24. The first-order valence-electron chi connectivity index (χ1n) is 6.12. The molecule has 2 aromatic rings. The van der Waals surface area contributed by atoms with Crippen molar-refractivity contribution in [3.63, 3.8) is 0 Å². The van der Waals surface area contributed by atoms with E-state index in [2.05, 4.69) is 54.8 Å². The van der Waals surface area contributed by atoms with Crippen molar-refractivity contribution in [3.8, 4) is 0 Å². The van der Waals surface area contributed by atoms with E-state index in [1.54, 1.807) is 6.92 Å². The first-order chi connectivity index (χ1) is 8.49. The standard InChI is InChI=1S/C12H15N.C3H6O2/c1-12(2,3)10-5-4-9-6-7-13-11(9)8-10;1-2-5-3-4/h4-8,13H,1-3H3;3H,2H2,1H3. The lowest BCUT2D eigenvalue weighted by molar-refractivity contribution is -0.128. The molecular weight excluding hydrogens is 226 g/mol. The minimum absolute atomic E-state index is 0.235. The number of rotatable bonds is 2. The Kier molecular flexibility index (Phi) is 4.95. The molecule has 0 aliphatic carbocycles. The summed E-state index contributed by atoms with van der Waals surface area (Å²) in [7, 11) is 0. The van der Waals surface area contributed by atoms with E-state index in [1.165, 1.54) is 16.5 Å². The van der Waals surface area contributed by atoms with Crippen molar-refractivity contribution in [1.29, 1.82) is 0 Å². The quantitative estimate of drug-likeness (QED) is 0.823. The fourth-order valence-electron chi connectivity index (χ4n) is 1.58. The number of hydrogen-bond acceptors (Lipinski definition) is 2. The first kappa shape index (κ1) is 14.3. The third kappa shape index (κ3) is 3.91. The van der Waals surface area contributed by atoms with Crippen molar-refractivity contribution in [2.45, 2.75) is 33.1 Å². The van der Waals surface area contributed by atoms with Gasteiger partial charge in [-0.15, -0.1) is 0 Å². The van der Waals surface area contributed by atoms with Gasteiger partial charge in [-0.2, -0.15) is 0 Å². The number of fused-ring (bicyclic) bond motifs is 1. The van der Waals surface area contributed by atoms with Crippen LogP contribution in [0.5, 0.6) is 0 Å². The fourth-order valence-corrected chi connectivity index (χ4v) is 1.58. The zero-order chi connectivity index (χ0) is 13.6. The molecule has 3 nitrogen and oxygen atoms in total. The van der Waals surface area contributed by atoms with E-state index in [4.69, 9.17) is 0 Å². The fraction of sp³-hybridized carbons (Fsp3) is 0.400. The van der Waals surface area contributed by atoms with Crippen molar-refractivity contribution >= 4 is 17.4 Å². The van der Waals surface area contributed by atoms with Gasteiger partial charge in [-0.1, -0.05) is 32.9 Å². The summed E-state index contributed by atoms with van der Waals surface area (Å²) in [5, 5.41) is 1.29. The molecule has 0 fully saturated rings. The third-order valence-electron chi connectivity index (χ3n) is 2.66. The molecule has 3 heteroatoms. The minimum atomic E-state index is 0.235. The molecule has 1 heterocycles. The van der Waals surface area contributed by atoms with Crippen LogP contribution in [0.2, 0.25) is 0 Å². The molecule has 0 radical (unpaired) electrons. The van der Waals surface area contributed by atoms with Crippen LogP contribution in [0.25, 0.3) is 10.9 Å². The van der Waals surface area contributed by atoms with Crippen LogP contribution in [0.4, 0.5) is 0 Å². The SMILES string of the molecule is CC(C)(C)c1ccc2cc[nH]c2c1.CCOC=O. The zero-order valence-corrected chi connectivity index (χ0v) is 11.5. The predicted molar refractivity (Wildman–Crippen MR) is 74.7 cm³/mol. The number of hydrogen-bond donors (Lipinski definition) is 1. The van der Waals surface area contributed by atoms with Crippen molar-refractivity contribution in [1.82, 2.24) is 4.98 Å². The van der Waals surface area contributed by atoms with Gasteiger partial charge in [0.15, 0.2) is 0 Å². The molecule has 0 spiro atoms. The molecule has 1 N–H and O–H groups in total. The average Bonchev–Trinajstić information content (AvgIpc) is 2.76. The van der Waals surface area contributed by atoms with E-state index in [0.29, 0.717) is 13.1 Å². The molecule has 1 aromatic heterocycles. The van der Waals surface area contributed by atoms with Crippen molar-refractivity contribution < 1.29 is 9.53 Å². The minimum Gasteiger partial charge on any atom is -0.468 e.